The fraction of sp³-hybridized carbons (Fsp3) is 0.286. The molecule has 0 bridgehead atoms. The van der Waals surface area contributed by atoms with Crippen LogP contribution < -0.4 is 0 Å². The summed E-state index contributed by atoms with van der Waals surface area (Å²) in [4.78, 5) is 15.6. The number of nitrogens with zero attached hydrogens (tertiary/aromatic N) is 1. The standard InChI is InChI=1S/C14H12F3NO2S/c1-13(2,12(19)20)21-11-5-6-18-10-4-3-8(7-9(10)11)14(15,16)17/h3-7H,1-2H3,(H,19,20). The highest BCUT2D eigenvalue weighted by Gasteiger charge is 2.32. The van der Waals surface area contributed by atoms with Gasteiger partial charge in [-0.15, -0.1) is 11.8 Å². The van der Waals surface area contributed by atoms with Gasteiger partial charge in [0.1, 0.15) is 4.75 Å². The molecule has 1 aromatic heterocycles. The van der Waals surface area contributed by atoms with Crippen molar-refractivity contribution < 1.29 is 23.1 Å². The van der Waals surface area contributed by atoms with Gasteiger partial charge in [-0.25, -0.2) is 0 Å². The van der Waals surface area contributed by atoms with Gasteiger partial charge in [-0.05, 0) is 38.1 Å². The molecule has 1 heterocycles. The Morgan fingerprint density at radius 1 is 1.24 bits per heavy atom. The fourth-order valence-electron chi connectivity index (χ4n) is 1.70. The van der Waals surface area contributed by atoms with Crippen LogP contribution in [0.4, 0.5) is 13.2 Å². The normalized spacial score (nSPS) is 12.6. The van der Waals surface area contributed by atoms with Gasteiger partial charge in [0.05, 0.1) is 11.1 Å². The van der Waals surface area contributed by atoms with E-state index in [1.807, 2.05) is 0 Å². The number of thioether (sulfide) groups is 1. The van der Waals surface area contributed by atoms with Crippen molar-refractivity contribution in [2.75, 3.05) is 0 Å². The molecule has 3 nitrogen and oxygen atoms in total. The van der Waals surface area contributed by atoms with Crippen LogP contribution in [-0.2, 0) is 11.0 Å². The zero-order chi connectivity index (χ0) is 15.8. The first kappa shape index (κ1) is 15.6. The number of alkyl halides is 3. The third-order valence-corrected chi connectivity index (χ3v) is 4.17. The molecule has 0 spiro atoms. The van der Waals surface area contributed by atoms with E-state index >= 15 is 0 Å². The van der Waals surface area contributed by atoms with Crippen LogP contribution in [0.1, 0.15) is 19.4 Å². The Morgan fingerprint density at radius 2 is 1.90 bits per heavy atom. The quantitative estimate of drug-likeness (QED) is 0.862. The minimum Gasteiger partial charge on any atom is -0.480 e. The van der Waals surface area contributed by atoms with Gasteiger partial charge in [0.2, 0.25) is 0 Å². The van der Waals surface area contributed by atoms with E-state index in [4.69, 9.17) is 5.11 Å². The van der Waals surface area contributed by atoms with Crippen molar-refractivity contribution in [1.82, 2.24) is 4.98 Å². The van der Waals surface area contributed by atoms with Crippen LogP contribution in [0.15, 0.2) is 35.4 Å². The molecule has 7 heteroatoms. The molecule has 0 saturated heterocycles. The maximum Gasteiger partial charge on any atom is 0.416 e. The zero-order valence-corrected chi connectivity index (χ0v) is 12.0. The summed E-state index contributed by atoms with van der Waals surface area (Å²) in [6.45, 7) is 3.00. The molecule has 0 unspecified atom stereocenters. The predicted molar refractivity (Wildman–Crippen MR) is 74.3 cm³/mol. The molecule has 1 aromatic carbocycles. The fourth-order valence-corrected chi connectivity index (χ4v) is 2.74. The Morgan fingerprint density at radius 3 is 2.48 bits per heavy atom. The summed E-state index contributed by atoms with van der Waals surface area (Å²) < 4.78 is 37.2. The van der Waals surface area contributed by atoms with Crippen LogP contribution in [0, 0.1) is 0 Å². The molecule has 0 radical (unpaired) electrons. The van der Waals surface area contributed by atoms with Crippen molar-refractivity contribution in [3.63, 3.8) is 0 Å². The van der Waals surface area contributed by atoms with Crippen LogP contribution in [0.25, 0.3) is 10.9 Å². The maximum absolute atomic E-state index is 12.8. The van der Waals surface area contributed by atoms with Gasteiger partial charge in [-0.1, -0.05) is 0 Å². The largest absolute Gasteiger partial charge is 0.480 e. The van der Waals surface area contributed by atoms with Crippen molar-refractivity contribution in [3.8, 4) is 0 Å². The molecule has 2 aromatic rings. The number of carbonyl (C=O) groups is 1. The second-order valence-electron chi connectivity index (χ2n) is 4.96. The first-order chi connectivity index (χ1) is 9.61. The van der Waals surface area contributed by atoms with Crippen molar-refractivity contribution in [3.05, 3.63) is 36.0 Å². The lowest BCUT2D eigenvalue weighted by molar-refractivity contribution is -0.139. The number of aliphatic carboxylic acids is 1. The van der Waals surface area contributed by atoms with Crippen LogP contribution in [0.2, 0.25) is 0 Å². The van der Waals surface area contributed by atoms with E-state index < -0.39 is 22.5 Å². The van der Waals surface area contributed by atoms with E-state index in [1.54, 1.807) is 0 Å². The summed E-state index contributed by atoms with van der Waals surface area (Å²) in [5.74, 6) is -1.04. The van der Waals surface area contributed by atoms with Crippen LogP contribution in [0.5, 0.6) is 0 Å². The molecule has 0 aliphatic heterocycles. The van der Waals surface area contributed by atoms with E-state index in [-0.39, 0.29) is 0 Å². The number of rotatable bonds is 3. The number of carboxylic acids is 1. The summed E-state index contributed by atoms with van der Waals surface area (Å²) >= 11 is 0.996. The predicted octanol–water partition coefficient (Wildman–Crippen LogP) is 4.21. The smallest absolute Gasteiger partial charge is 0.416 e. The summed E-state index contributed by atoms with van der Waals surface area (Å²) in [7, 11) is 0. The molecule has 0 fully saturated rings. The van der Waals surface area contributed by atoms with Crippen LogP contribution in [0.3, 0.4) is 0 Å². The Hall–Kier alpha value is -1.76. The molecule has 2 rings (SSSR count). The lowest BCUT2D eigenvalue weighted by Gasteiger charge is -2.19. The van der Waals surface area contributed by atoms with Crippen molar-refractivity contribution in [2.24, 2.45) is 0 Å². The van der Waals surface area contributed by atoms with Gasteiger partial charge in [0, 0.05) is 16.5 Å². The lowest BCUT2D eigenvalue weighted by Crippen LogP contribution is -2.26. The maximum atomic E-state index is 12.8. The minimum absolute atomic E-state index is 0.298. The van der Waals surface area contributed by atoms with Gasteiger partial charge in [0.15, 0.2) is 0 Å². The van der Waals surface area contributed by atoms with Crippen molar-refractivity contribution >= 4 is 28.6 Å². The second kappa shape index (κ2) is 5.22. The topological polar surface area (TPSA) is 50.2 Å². The lowest BCUT2D eigenvalue weighted by atomic mass is 10.1. The SMILES string of the molecule is CC(C)(Sc1ccnc2ccc(C(F)(F)F)cc12)C(=O)O. The number of fused-ring (bicyclic) bond motifs is 1. The first-order valence-electron chi connectivity index (χ1n) is 5.99. The van der Waals surface area contributed by atoms with E-state index in [9.17, 15) is 18.0 Å². The highest BCUT2D eigenvalue weighted by atomic mass is 32.2. The Balaban J connectivity index is 2.56. The third kappa shape index (κ3) is 3.29. The third-order valence-electron chi connectivity index (χ3n) is 2.91. The van der Waals surface area contributed by atoms with E-state index in [2.05, 4.69) is 4.98 Å². The van der Waals surface area contributed by atoms with Gasteiger partial charge >= 0.3 is 12.1 Å². The summed E-state index contributed by atoms with van der Waals surface area (Å²) in [5.41, 5.74) is -0.382. The van der Waals surface area contributed by atoms with Gasteiger partial charge < -0.3 is 5.11 Å². The molecular formula is C14H12F3NO2S. The van der Waals surface area contributed by atoms with Gasteiger partial charge in [-0.2, -0.15) is 13.2 Å². The molecule has 0 saturated carbocycles. The van der Waals surface area contributed by atoms with Crippen LogP contribution in [-0.4, -0.2) is 20.8 Å². The molecule has 0 amide bonds. The van der Waals surface area contributed by atoms with Crippen LogP contribution >= 0.6 is 11.8 Å². The van der Waals surface area contributed by atoms with E-state index in [0.717, 1.165) is 23.9 Å². The number of hydrogen-bond acceptors (Lipinski definition) is 3. The molecule has 112 valence electrons. The highest BCUT2D eigenvalue weighted by molar-refractivity contribution is 8.01. The van der Waals surface area contributed by atoms with E-state index in [1.165, 1.54) is 32.2 Å². The number of carboxylic acid groups (broad SMARTS) is 1. The molecule has 1 N–H and O–H groups in total. The van der Waals surface area contributed by atoms with Gasteiger partial charge in [-0.3, -0.25) is 9.78 Å². The van der Waals surface area contributed by atoms with Gasteiger partial charge in [0.25, 0.3) is 0 Å². The van der Waals surface area contributed by atoms with Crippen molar-refractivity contribution in [1.29, 1.82) is 0 Å². The summed E-state index contributed by atoms with van der Waals surface area (Å²) in [6.07, 6.45) is -3.00. The number of halogens is 3. The average Bonchev–Trinajstić information content (AvgIpc) is 2.37. The van der Waals surface area contributed by atoms with E-state index in [0.29, 0.717) is 15.8 Å². The number of benzene rings is 1. The van der Waals surface area contributed by atoms with Crippen molar-refractivity contribution in [2.45, 2.75) is 29.7 Å². The molecule has 21 heavy (non-hydrogen) atoms. The Bertz CT molecular complexity index is 698. The molecule has 0 aliphatic rings. The molecular weight excluding hydrogens is 303 g/mol. The highest BCUT2D eigenvalue weighted by Crippen LogP contribution is 2.38. The molecule has 0 aliphatic carbocycles. The Kier molecular flexibility index (Phi) is 3.88. The zero-order valence-electron chi connectivity index (χ0n) is 11.2. The number of hydrogen-bond donors (Lipinski definition) is 1. The monoisotopic (exact) mass is 315 g/mol. The molecule has 0 atom stereocenters. The average molecular weight is 315 g/mol. The summed E-state index contributed by atoms with van der Waals surface area (Å²) in [5, 5.41) is 9.44. The first-order valence-corrected chi connectivity index (χ1v) is 6.81. The Labute approximate surface area is 123 Å². The minimum atomic E-state index is -4.45. The second-order valence-corrected chi connectivity index (χ2v) is 6.62. The number of pyridine rings is 1. The number of aromatic nitrogens is 1. The summed E-state index contributed by atoms with van der Waals surface area (Å²) in [6, 6.07) is 4.78.